The van der Waals surface area contributed by atoms with Gasteiger partial charge in [-0.1, -0.05) is 24.6 Å². The summed E-state index contributed by atoms with van der Waals surface area (Å²) in [5, 5.41) is 19.3. The summed E-state index contributed by atoms with van der Waals surface area (Å²) in [5.41, 5.74) is 1.37. The number of carbonyl (C=O) groups is 2. The summed E-state index contributed by atoms with van der Waals surface area (Å²) in [6, 6.07) is 0. The van der Waals surface area contributed by atoms with Crippen LogP contribution in [0.25, 0.3) is 0 Å². The van der Waals surface area contributed by atoms with Crippen LogP contribution in [0.1, 0.15) is 58.8 Å². The van der Waals surface area contributed by atoms with E-state index >= 15 is 0 Å². The van der Waals surface area contributed by atoms with Gasteiger partial charge in [0.25, 0.3) is 0 Å². The highest BCUT2D eigenvalue weighted by molar-refractivity contribution is 5.66. The summed E-state index contributed by atoms with van der Waals surface area (Å²) in [6.07, 6.45) is 9.41. The van der Waals surface area contributed by atoms with Crippen LogP contribution in [0.4, 0.5) is 4.79 Å². The molecule has 0 saturated heterocycles. The molecule has 2 aliphatic carbocycles. The van der Waals surface area contributed by atoms with Crippen molar-refractivity contribution in [2.75, 3.05) is 7.11 Å². The van der Waals surface area contributed by atoms with E-state index in [-0.39, 0.29) is 18.3 Å². The molecule has 0 bridgehead atoms. The fourth-order valence-electron chi connectivity index (χ4n) is 4.62. The molecule has 6 heteroatoms. The van der Waals surface area contributed by atoms with Crippen LogP contribution >= 0.6 is 0 Å². The number of rotatable bonds is 9. The smallest absolute Gasteiger partial charge is 0.481 e. The molecule has 2 N–H and O–H groups in total. The van der Waals surface area contributed by atoms with Crippen LogP contribution < -0.4 is 0 Å². The first-order valence-electron chi connectivity index (χ1n) is 10.8. The Balaban J connectivity index is 2.02. The Morgan fingerprint density at radius 1 is 1.33 bits per heavy atom. The first-order chi connectivity index (χ1) is 14.3. The molecule has 0 amide bonds. The predicted molar refractivity (Wildman–Crippen MR) is 114 cm³/mol. The van der Waals surface area contributed by atoms with E-state index in [1.807, 2.05) is 19.1 Å². The highest BCUT2D eigenvalue weighted by Gasteiger charge is 2.45. The molecule has 6 atom stereocenters. The molecule has 0 aromatic heterocycles. The zero-order chi connectivity index (χ0) is 22.1. The molecular formula is C24H34O6. The quantitative estimate of drug-likeness (QED) is 0.251. The number of aliphatic hydroxyl groups excluding tert-OH is 1. The van der Waals surface area contributed by atoms with Crippen LogP contribution in [-0.2, 0) is 14.3 Å². The number of hydrogen-bond donors (Lipinski definition) is 2. The molecule has 0 radical (unpaired) electrons. The number of carboxylic acid groups (broad SMARTS) is 1. The van der Waals surface area contributed by atoms with Crippen molar-refractivity contribution in [3.8, 4) is 11.8 Å². The van der Waals surface area contributed by atoms with Crippen LogP contribution in [0.5, 0.6) is 0 Å². The van der Waals surface area contributed by atoms with Crippen LogP contribution in [0.3, 0.4) is 0 Å². The van der Waals surface area contributed by atoms with E-state index in [9.17, 15) is 14.7 Å². The van der Waals surface area contributed by atoms with Gasteiger partial charge in [-0.15, -0.1) is 11.8 Å². The molecule has 2 fully saturated rings. The van der Waals surface area contributed by atoms with Gasteiger partial charge in [0.15, 0.2) is 0 Å². The molecule has 0 aliphatic heterocycles. The van der Waals surface area contributed by atoms with Crippen molar-refractivity contribution >= 4 is 12.1 Å². The minimum absolute atomic E-state index is 0.00964. The second-order valence-corrected chi connectivity index (χ2v) is 8.39. The average Bonchev–Trinajstić information content (AvgIpc) is 3.22. The van der Waals surface area contributed by atoms with Gasteiger partial charge < -0.3 is 19.7 Å². The van der Waals surface area contributed by atoms with Crippen LogP contribution in [0, 0.1) is 35.5 Å². The van der Waals surface area contributed by atoms with E-state index in [0.717, 1.165) is 25.7 Å². The number of methoxy groups -OCH3 is 1. The maximum atomic E-state index is 11.6. The van der Waals surface area contributed by atoms with E-state index < -0.39 is 24.3 Å². The number of aliphatic hydroxyl groups is 1. The van der Waals surface area contributed by atoms with Gasteiger partial charge >= 0.3 is 12.1 Å². The maximum absolute atomic E-state index is 11.6. The fourth-order valence-corrected chi connectivity index (χ4v) is 4.62. The van der Waals surface area contributed by atoms with Crippen LogP contribution in [0.15, 0.2) is 23.8 Å². The van der Waals surface area contributed by atoms with Gasteiger partial charge in [0.05, 0.1) is 13.2 Å². The Morgan fingerprint density at radius 3 is 2.77 bits per heavy atom. The van der Waals surface area contributed by atoms with E-state index in [1.54, 1.807) is 6.92 Å². The Kier molecular flexibility index (Phi) is 9.45. The molecule has 0 aromatic carbocycles. The van der Waals surface area contributed by atoms with Gasteiger partial charge in [0.1, 0.15) is 6.10 Å². The number of aliphatic carboxylic acids is 1. The molecule has 30 heavy (non-hydrogen) atoms. The summed E-state index contributed by atoms with van der Waals surface area (Å²) in [4.78, 5) is 22.3. The van der Waals surface area contributed by atoms with Crippen molar-refractivity contribution in [2.45, 2.75) is 71.0 Å². The van der Waals surface area contributed by atoms with Crippen molar-refractivity contribution in [1.29, 1.82) is 0 Å². The molecule has 6 nitrogen and oxygen atoms in total. The van der Waals surface area contributed by atoms with Crippen molar-refractivity contribution < 1.29 is 29.3 Å². The zero-order valence-corrected chi connectivity index (χ0v) is 18.2. The monoisotopic (exact) mass is 418 g/mol. The Labute approximate surface area is 179 Å². The highest BCUT2D eigenvalue weighted by atomic mass is 16.7. The number of hydrogen-bond acceptors (Lipinski definition) is 5. The Hall–Kier alpha value is -2.26. The summed E-state index contributed by atoms with van der Waals surface area (Å²) in [7, 11) is 1.29. The van der Waals surface area contributed by atoms with Crippen LogP contribution in [0.2, 0.25) is 0 Å². The number of carboxylic acids is 1. The number of fused-ring (bicyclic) bond motifs is 1. The second kappa shape index (κ2) is 11.8. The number of ether oxygens (including phenoxy) is 2. The first kappa shape index (κ1) is 24.0. The number of unbranched alkanes of at least 4 members (excludes halogenated alkanes) is 1. The lowest BCUT2D eigenvalue weighted by Gasteiger charge is -2.21. The average molecular weight is 419 g/mol. The topological polar surface area (TPSA) is 93.1 Å². The molecular weight excluding hydrogens is 384 g/mol. The lowest BCUT2D eigenvalue weighted by Crippen LogP contribution is -2.24. The normalized spacial score (nSPS) is 28.6. The lowest BCUT2D eigenvalue weighted by atomic mass is 9.89. The largest absolute Gasteiger partial charge is 0.508 e. The Bertz CT molecular complexity index is 713. The van der Waals surface area contributed by atoms with Crippen LogP contribution in [-0.4, -0.2) is 41.7 Å². The number of allylic oxidation sites excluding steroid dienone is 2. The molecule has 0 heterocycles. The minimum atomic E-state index is -0.757. The van der Waals surface area contributed by atoms with Gasteiger partial charge in [-0.2, -0.15) is 0 Å². The molecule has 0 aromatic rings. The van der Waals surface area contributed by atoms with Crippen molar-refractivity contribution in [2.24, 2.45) is 23.7 Å². The summed E-state index contributed by atoms with van der Waals surface area (Å²) in [5.74, 6) is 5.97. The third-order valence-electron chi connectivity index (χ3n) is 6.22. The third-order valence-corrected chi connectivity index (χ3v) is 6.22. The third kappa shape index (κ3) is 6.91. The standard InChI is InChI=1S/C24H34O6/c1-4-5-8-16(2)22(30-24(28)29-3)12-11-19-20-14-17(9-6-7-10-23(26)27)13-18(20)15-21(19)25/h9,11-12,16,18-22,25H,6-8,10,13-15H2,1-3H3,(H,26,27)/b12-11+,17-9+/t16?,18-,19+,20-,21+,22+/m0/s1. The molecule has 0 spiro atoms. The van der Waals surface area contributed by atoms with Gasteiger partial charge in [0.2, 0.25) is 0 Å². The van der Waals surface area contributed by atoms with Gasteiger partial charge in [-0.3, -0.25) is 4.79 Å². The summed E-state index contributed by atoms with van der Waals surface area (Å²) < 4.78 is 10.1. The Morgan fingerprint density at radius 2 is 2.10 bits per heavy atom. The summed E-state index contributed by atoms with van der Waals surface area (Å²) in [6.45, 7) is 3.75. The van der Waals surface area contributed by atoms with Gasteiger partial charge in [0, 0.05) is 24.7 Å². The zero-order valence-electron chi connectivity index (χ0n) is 18.2. The fraction of sp³-hybridized carbons (Fsp3) is 0.667. The predicted octanol–water partition coefficient (Wildman–Crippen LogP) is 4.33. The van der Waals surface area contributed by atoms with Gasteiger partial charge in [-0.05, 0) is 56.9 Å². The molecule has 1 unspecified atom stereocenters. The molecule has 2 aliphatic rings. The van der Waals surface area contributed by atoms with E-state index in [2.05, 4.69) is 22.7 Å². The molecule has 166 valence electrons. The van der Waals surface area contributed by atoms with E-state index in [1.165, 1.54) is 12.7 Å². The van der Waals surface area contributed by atoms with Gasteiger partial charge in [-0.25, -0.2) is 4.79 Å². The SMILES string of the molecule is CC#CCC(C)[C@@H](/C=C/[C@@H]1[C@H]2C/C(=C/CCCC(=O)O)C[C@H]2C[C@H]1O)OC(=O)OC. The van der Waals surface area contributed by atoms with Crippen molar-refractivity contribution in [3.63, 3.8) is 0 Å². The number of carbonyl (C=O) groups excluding carboxylic acids is 1. The molecule has 2 rings (SSSR count). The highest BCUT2D eigenvalue weighted by Crippen LogP contribution is 2.50. The van der Waals surface area contributed by atoms with Crippen molar-refractivity contribution in [3.05, 3.63) is 23.8 Å². The summed E-state index contributed by atoms with van der Waals surface area (Å²) >= 11 is 0. The lowest BCUT2D eigenvalue weighted by molar-refractivity contribution is -0.137. The van der Waals surface area contributed by atoms with E-state index in [0.29, 0.717) is 24.7 Å². The van der Waals surface area contributed by atoms with Crippen molar-refractivity contribution in [1.82, 2.24) is 0 Å². The maximum Gasteiger partial charge on any atom is 0.508 e. The minimum Gasteiger partial charge on any atom is -0.481 e. The molecule has 2 saturated carbocycles. The second-order valence-electron chi connectivity index (χ2n) is 8.39. The van der Waals surface area contributed by atoms with E-state index in [4.69, 9.17) is 9.84 Å². The first-order valence-corrected chi connectivity index (χ1v) is 10.8.